The van der Waals surface area contributed by atoms with Crippen LogP contribution in [-0.2, 0) is 4.79 Å². The van der Waals surface area contributed by atoms with Crippen LogP contribution >= 0.6 is 39.0 Å². The van der Waals surface area contributed by atoms with Gasteiger partial charge in [0.15, 0.2) is 4.34 Å². The van der Waals surface area contributed by atoms with E-state index in [0.717, 1.165) is 31.5 Å². The average molecular weight is 449 g/mol. The number of nitrogens with one attached hydrogen (secondary N) is 1. The maximum atomic E-state index is 12.0. The summed E-state index contributed by atoms with van der Waals surface area (Å²) in [7, 11) is 1.62. The normalized spacial score (nSPS) is 10.5. The third kappa shape index (κ3) is 5.33. The zero-order valence-corrected chi connectivity index (χ0v) is 17.3. The molecule has 1 aromatic heterocycles. The fraction of sp³-hybridized carbons (Fsp3) is 0.158. The number of carbonyl (C=O) groups excluding carboxylic acids is 1. The molecule has 0 radical (unpaired) electrons. The van der Waals surface area contributed by atoms with Crippen molar-refractivity contribution in [1.29, 1.82) is 0 Å². The summed E-state index contributed by atoms with van der Waals surface area (Å²) in [6.07, 6.45) is 0.434. The van der Waals surface area contributed by atoms with Crippen LogP contribution in [0.5, 0.6) is 5.75 Å². The molecule has 2 aromatic carbocycles. The van der Waals surface area contributed by atoms with Crippen molar-refractivity contribution < 1.29 is 9.53 Å². The molecule has 0 fully saturated rings. The van der Waals surface area contributed by atoms with E-state index >= 15 is 0 Å². The first-order chi connectivity index (χ1) is 12.6. The first-order valence-corrected chi connectivity index (χ1v) is 10.6. The predicted octanol–water partition coefficient (Wildman–Crippen LogP) is 5.70. The number of thioether (sulfide) groups is 1. The molecule has 0 aliphatic heterocycles. The minimum Gasteiger partial charge on any atom is -0.497 e. The Morgan fingerprint density at radius 1 is 1.19 bits per heavy atom. The first kappa shape index (κ1) is 18.9. The van der Waals surface area contributed by atoms with Crippen LogP contribution in [0.25, 0.3) is 11.3 Å². The number of carbonyl (C=O) groups is 1. The fourth-order valence-electron chi connectivity index (χ4n) is 2.21. The zero-order chi connectivity index (χ0) is 18.4. The average Bonchev–Trinajstić information content (AvgIpc) is 3.12. The number of hydrogen-bond donors (Lipinski definition) is 1. The lowest BCUT2D eigenvalue weighted by atomic mass is 10.2. The van der Waals surface area contributed by atoms with Crippen molar-refractivity contribution in [3.8, 4) is 17.0 Å². The number of methoxy groups -OCH3 is 1. The van der Waals surface area contributed by atoms with Crippen LogP contribution in [0, 0.1) is 0 Å². The molecule has 0 saturated heterocycles. The maximum absolute atomic E-state index is 12.0. The van der Waals surface area contributed by atoms with Gasteiger partial charge in [-0.15, -0.1) is 11.3 Å². The number of halogens is 1. The van der Waals surface area contributed by atoms with E-state index in [-0.39, 0.29) is 5.91 Å². The molecule has 26 heavy (non-hydrogen) atoms. The second-order valence-corrected chi connectivity index (χ2v) is 8.50. The van der Waals surface area contributed by atoms with Gasteiger partial charge in [0, 0.05) is 33.3 Å². The number of thiazole rings is 1. The van der Waals surface area contributed by atoms with Crippen molar-refractivity contribution in [2.45, 2.75) is 10.8 Å². The number of benzene rings is 2. The van der Waals surface area contributed by atoms with Crippen molar-refractivity contribution >= 4 is 50.6 Å². The number of ether oxygens (including phenoxy) is 1. The number of anilines is 1. The van der Waals surface area contributed by atoms with Crippen LogP contribution < -0.4 is 10.1 Å². The van der Waals surface area contributed by atoms with E-state index in [1.807, 2.05) is 53.9 Å². The summed E-state index contributed by atoms with van der Waals surface area (Å²) in [5, 5.41) is 4.93. The van der Waals surface area contributed by atoms with Gasteiger partial charge < -0.3 is 10.1 Å². The molecule has 3 rings (SSSR count). The molecule has 1 N–H and O–H groups in total. The van der Waals surface area contributed by atoms with Gasteiger partial charge in [-0.05, 0) is 36.4 Å². The molecular weight excluding hydrogens is 432 g/mol. The Morgan fingerprint density at radius 3 is 2.62 bits per heavy atom. The lowest BCUT2D eigenvalue weighted by molar-refractivity contribution is -0.115. The van der Waals surface area contributed by atoms with E-state index in [9.17, 15) is 4.79 Å². The predicted molar refractivity (Wildman–Crippen MR) is 112 cm³/mol. The Morgan fingerprint density at radius 2 is 1.92 bits per heavy atom. The molecule has 1 amide bonds. The topological polar surface area (TPSA) is 51.2 Å². The van der Waals surface area contributed by atoms with Gasteiger partial charge in [0.25, 0.3) is 0 Å². The van der Waals surface area contributed by atoms with Gasteiger partial charge in [-0.25, -0.2) is 4.98 Å². The molecule has 0 saturated carbocycles. The van der Waals surface area contributed by atoms with E-state index in [1.54, 1.807) is 30.2 Å². The molecule has 0 aliphatic carbocycles. The Hall–Kier alpha value is -1.83. The minimum absolute atomic E-state index is 0.00708. The number of hydrogen-bond acceptors (Lipinski definition) is 5. The van der Waals surface area contributed by atoms with Crippen LogP contribution in [0.4, 0.5) is 5.69 Å². The second kappa shape index (κ2) is 9.21. The van der Waals surface area contributed by atoms with E-state index in [0.29, 0.717) is 12.2 Å². The van der Waals surface area contributed by atoms with Crippen LogP contribution in [0.15, 0.2) is 62.7 Å². The highest BCUT2D eigenvalue weighted by atomic mass is 79.9. The minimum atomic E-state index is -0.00708. The third-order valence-corrected chi connectivity index (χ3v) is 6.10. The summed E-state index contributed by atoms with van der Waals surface area (Å²) in [5.74, 6) is 1.45. The van der Waals surface area contributed by atoms with E-state index in [4.69, 9.17) is 4.74 Å². The third-order valence-electron chi connectivity index (χ3n) is 3.55. The maximum Gasteiger partial charge on any atom is 0.225 e. The lowest BCUT2D eigenvalue weighted by Crippen LogP contribution is -2.12. The Balaban J connectivity index is 1.47. The number of rotatable bonds is 7. The molecule has 0 unspecified atom stereocenters. The quantitative estimate of drug-likeness (QED) is 0.470. The summed E-state index contributed by atoms with van der Waals surface area (Å²) < 4.78 is 7.13. The highest BCUT2D eigenvalue weighted by molar-refractivity contribution is 9.10. The van der Waals surface area contributed by atoms with Crippen molar-refractivity contribution in [2.24, 2.45) is 0 Å². The summed E-state index contributed by atoms with van der Waals surface area (Å²) >= 11 is 6.64. The van der Waals surface area contributed by atoms with Gasteiger partial charge >= 0.3 is 0 Å². The monoisotopic (exact) mass is 448 g/mol. The van der Waals surface area contributed by atoms with Crippen LogP contribution in [0.3, 0.4) is 0 Å². The number of nitrogens with zero attached hydrogens (tertiary/aromatic N) is 1. The standard InChI is InChI=1S/C19H17BrN2O2S2/c1-24-16-8-6-15(7-9-16)21-18(23)10-11-25-19-22-17(12-26-19)13-2-4-14(20)5-3-13/h2-9,12H,10-11H2,1H3,(H,21,23). The van der Waals surface area contributed by atoms with Crippen LogP contribution in [0.2, 0.25) is 0 Å². The lowest BCUT2D eigenvalue weighted by Gasteiger charge is -2.05. The highest BCUT2D eigenvalue weighted by Gasteiger charge is 2.07. The highest BCUT2D eigenvalue weighted by Crippen LogP contribution is 2.29. The van der Waals surface area contributed by atoms with Crippen molar-refractivity contribution in [3.63, 3.8) is 0 Å². The Bertz CT molecular complexity index is 864. The van der Waals surface area contributed by atoms with Crippen LogP contribution in [-0.4, -0.2) is 23.8 Å². The van der Waals surface area contributed by atoms with Gasteiger partial charge in [-0.1, -0.05) is 39.8 Å². The van der Waals surface area contributed by atoms with Crippen molar-refractivity contribution in [1.82, 2.24) is 4.98 Å². The van der Waals surface area contributed by atoms with Gasteiger partial charge in [0.2, 0.25) is 5.91 Å². The number of aromatic nitrogens is 1. The summed E-state index contributed by atoms with van der Waals surface area (Å²) in [6, 6.07) is 15.4. The first-order valence-electron chi connectivity index (χ1n) is 7.92. The Labute approximate surface area is 169 Å². The molecule has 7 heteroatoms. The van der Waals surface area contributed by atoms with Crippen LogP contribution in [0.1, 0.15) is 6.42 Å². The van der Waals surface area contributed by atoms with Gasteiger partial charge in [0.05, 0.1) is 12.8 Å². The summed E-state index contributed by atoms with van der Waals surface area (Å²) in [5.41, 5.74) is 2.83. The fourth-order valence-corrected chi connectivity index (χ4v) is 4.31. The van der Waals surface area contributed by atoms with E-state index < -0.39 is 0 Å². The summed E-state index contributed by atoms with van der Waals surface area (Å²) in [4.78, 5) is 16.7. The molecule has 4 nitrogen and oxygen atoms in total. The van der Waals surface area contributed by atoms with Crippen molar-refractivity contribution in [2.75, 3.05) is 18.2 Å². The van der Waals surface area contributed by atoms with E-state index in [2.05, 4.69) is 26.2 Å². The summed E-state index contributed by atoms with van der Waals surface area (Å²) in [6.45, 7) is 0. The van der Waals surface area contributed by atoms with Gasteiger partial charge in [-0.2, -0.15) is 0 Å². The molecule has 1 heterocycles. The van der Waals surface area contributed by atoms with Crippen molar-refractivity contribution in [3.05, 3.63) is 58.4 Å². The van der Waals surface area contributed by atoms with Gasteiger partial charge in [-0.3, -0.25) is 4.79 Å². The second-order valence-electron chi connectivity index (χ2n) is 5.38. The Kier molecular flexibility index (Phi) is 6.71. The molecular formula is C19H17BrN2O2S2. The zero-order valence-electron chi connectivity index (χ0n) is 14.1. The molecule has 0 spiro atoms. The smallest absolute Gasteiger partial charge is 0.225 e. The molecule has 0 bridgehead atoms. The molecule has 3 aromatic rings. The van der Waals surface area contributed by atoms with E-state index in [1.165, 1.54) is 0 Å². The number of amides is 1. The molecule has 0 aliphatic rings. The van der Waals surface area contributed by atoms with Gasteiger partial charge in [0.1, 0.15) is 5.75 Å². The SMILES string of the molecule is COc1ccc(NC(=O)CCSc2nc(-c3ccc(Br)cc3)cs2)cc1. The largest absolute Gasteiger partial charge is 0.497 e. The molecule has 0 atom stereocenters. The molecule has 134 valence electrons.